The van der Waals surface area contributed by atoms with Crippen molar-refractivity contribution in [1.82, 2.24) is 20.2 Å². The van der Waals surface area contributed by atoms with E-state index in [0.29, 0.717) is 12.5 Å². The number of nitrogens with zero attached hydrogens (tertiary/aromatic N) is 4. The molecule has 0 radical (unpaired) electrons. The van der Waals surface area contributed by atoms with Crippen LogP contribution in [-0.4, -0.2) is 79.0 Å². The number of carbonyl (C=O) groups excluding carboxylic acids is 1. The van der Waals surface area contributed by atoms with Crippen LogP contribution in [0.5, 0.6) is 5.75 Å². The van der Waals surface area contributed by atoms with E-state index in [1.54, 1.807) is 4.90 Å². The monoisotopic (exact) mass is 554 g/mol. The van der Waals surface area contributed by atoms with Crippen LogP contribution >= 0.6 is 0 Å². The van der Waals surface area contributed by atoms with Gasteiger partial charge >= 0.3 is 6.09 Å². The summed E-state index contributed by atoms with van der Waals surface area (Å²) in [6.45, 7) is 15.3. The molecule has 4 aliphatic heterocycles. The molecule has 10 nitrogen and oxygen atoms in total. The molecule has 40 heavy (non-hydrogen) atoms. The first kappa shape index (κ1) is 28.4. The third-order valence-corrected chi connectivity index (χ3v) is 7.67. The van der Waals surface area contributed by atoms with Crippen LogP contribution in [0.2, 0.25) is 0 Å². The van der Waals surface area contributed by atoms with Gasteiger partial charge in [0.2, 0.25) is 0 Å². The standard InChI is InChI=1S/C21H27N5O2.C9H17NO2.H2/c1-14-20-18(12-17(24-14)15-2-5-22-6-3-15)25-21-16(13-28-20)19(4-7-23-21)26-8-10-27-11-9-26;1-9(2,3)12-8(11)10-6-4-5-7-10;/h4,7,12,15,22H,2-3,5-6,8-11,13H2,1H3,(H,23,25);4-7H2,1-3H3;1H. The highest BCUT2D eigenvalue weighted by molar-refractivity contribution is 5.73. The van der Waals surface area contributed by atoms with Crippen molar-refractivity contribution in [2.45, 2.75) is 71.5 Å². The van der Waals surface area contributed by atoms with E-state index in [9.17, 15) is 4.79 Å². The van der Waals surface area contributed by atoms with Crippen LogP contribution in [0.15, 0.2) is 18.3 Å². The summed E-state index contributed by atoms with van der Waals surface area (Å²) < 4.78 is 17.0. The van der Waals surface area contributed by atoms with Crippen LogP contribution in [0.25, 0.3) is 0 Å². The molecule has 0 saturated carbocycles. The number of likely N-dealkylation sites (tertiary alicyclic amines) is 1. The maximum atomic E-state index is 11.4. The molecule has 3 saturated heterocycles. The summed E-state index contributed by atoms with van der Waals surface area (Å²) >= 11 is 0. The van der Waals surface area contributed by atoms with Crippen molar-refractivity contribution in [2.75, 3.05) is 62.7 Å². The number of morpholine rings is 1. The molecule has 2 aromatic heterocycles. The van der Waals surface area contributed by atoms with E-state index in [0.717, 1.165) is 112 Å². The quantitative estimate of drug-likeness (QED) is 0.532. The molecule has 0 unspecified atom stereocenters. The Morgan fingerprint density at radius 2 is 1.85 bits per heavy atom. The lowest BCUT2D eigenvalue weighted by molar-refractivity contribution is 0.0295. The van der Waals surface area contributed by atoms with Gasteiger partial charge in [0, 0.05) is 51.1 Å². The van der Waals surface area contributed by atoms with Gasteiger partial charge in [0.1, 0.15) is 18.0 Å². The van der Waals surface area contributed by atoms with Gasteiger partial charge in [-0.3, -0.25) is 4.98 Å². The Morgan fingerprint density at radius 3 is 2.55 bits per heavy atom. The molecule has 0 aromatic carbocycles. The highest BCUT2D eigenvalue weighted by atomic mass is 16.6. The van der Waals surface area contributed by atoms with Crippen molar-refractivity contribution >= 4 is 23.3 Å². The fourth-order valence-corrected chi connectivity index (χ4v) is 5.62. The smallest absolute Gasteiger partial charge is 0.410 e. The van der Waals surface area contributed by atoms with E-state index >= 15 is 0 Å². The summed E-state index contributed by atoms with van der Waals surface area (Å²) in [7, 11) is 0. The predicted octanol–water partition coefficient (Wildman–Crippen LogP) is 4.99. The maximum absolute atomic E-state index is 11.4. The summed E-state index contributed by atoms with van der Waals surface area (Å²) in [5.41, 5.74) is 4.99. The Kier molecular flexibility index (Phi) is 8.95. The van der Waals surface area contributed by atoms with E-state index in [4.69, 9.17) is 19.2 Å². The normalized spacial score (nSPS) is 19.3. The second-order valence-corrected chi connectivity index (χ2v) is 11.9. The summed E-state index contributed by atoms with van der Waals surface area (Å²) in [6.07, 6.45) is 6.19. The topological polar surface area (TPSA) is 101 Å². The molecule has 2 aromatic rings. The second kappa shape index (κ2) is 12.6. The average Bonchev–Trinajstić information content (AvgIpc) is 3.42. The molecule has 0 atom stereocenters. The number of pyridine rings is 2. The van der Waals surface area contributed by atoms with E-state index in [2.05, 4.69) is 32.7 Å². The van der Waals surface area contributed by atoms with E-state index in [-0.39, 0.29) is 13.1 Å². The number of aryl methyl sites for hydroxylation is 1. The van der Waals surface area contributed by atoms with E-state index in [1.807, 2.05) is 33.9 Å². The number of hydrogen-bond donors (Lipinski definition) is 2. The minimum Gasteiger partial charge on any atom is -0.485 e. The summed E-state index contributed by atoms with van der Waals surface area (Å²) in [5, 5.41) is 6.98. The molecule has 0 aliphatic carbocycles. The largest absolute Gasteiger partial charge is 0.485 e. The highest BCUT2D eigenvalue weighted by Crippen LogP contribution is 2.40. The minimum atomic E-state index is -0.361. The third-order valence-electron chi connectivity index (χ3n) is 7.67. The van der Waals surface area contributed by atoms with E-state index < -0.39 is 0 Å². The number of fused-ring (bicyclic) bond motifs is 2. The van der Waals surface area contributed by atoms with Gasteiger partial charge in [-0.2, -0.15) is 0 Å². The molecule has 6 heterocycles. The molecule has 2 N–H and O–H groups in total. The van der Waals surface area contributed by atoms with E-state index in [1.165, 1.54) is 5.69 Å². The molecule has 1 amide bonds. The SMILES string of the molecule is CC(C)(C)OC(=O)N1CCCC1.Cc1nc(C2CCNCC2)cc2c1OCc1c(N3CCOCC3)ccnc1N2.[HH]. The Balaban J connectivity index is 0.000000253. The molecule has 10 heteroatoms. The van der Waals surface area contributed by atoms with Crippen molar-refractivity contribution in [2.24, 2.45) is 0 Å². The maximum Gasteiger partial charge on any atom is 0.410 e. The van der Waals surface area contributed by atoms with Crippen molar-refractivity contribution in [3.8, 4) is 5.75 Å². The number of piperidine rings is 1. The van der Waals surface area contributed by atoms with Crippen molar-refractivity contribution < 1.29 is 20.4 Å². The first-order chi connectivity index (χ1) is 19.3. The van der Waals surface area contributed by atoms with Crippen LogP contribution in [0.3, 0.4) is 0 Å². The second-order valence-electron chi connectivity index (χ2n) is 11.9. The summed E-state index contributed by atoms with van der Waals surface area (Å²) in [6, 6.07) is 4.24. The molecular weight excluding hydrogens is 508 g/mol. The molecule has 0 bridgehead atoms. The van der Waals surface area contributed by atoms with Crippen molar-refractivity contribution in [1.29, 1.82) is 0 Å². The van der Waals surface area contributed by atoms with Gasteiger partial charge in [-0.1, -0.05) is 0 Å². The van der Waals surface area contributed by atoms with Gasteiger partial charge in [-0.05, 0) is 78.6 Å². The first-order valence-electron chi connectivity index (χ1n) is 14.7. The molecule has 220 valence electrons. The van der Waals surface area contributed by atoms with Crippen molar-refractivity contribution in [3.05, 3.63) is 35.3 Å². The van der Waals surface area contributed by atoms with Gasteiger partial charge < -0.3 is 34.6 Å². The van der Waals surface area contributed by atoms with Crippen LogP contribution in [-0.2, 0) is 16.1 Å². The number of nitrogens with one attached hydrogen (secondary N) is 2. The van der Waals surface area contributed by atoms with Crippen LogP contribution in [0, 0.1) is 6.92 Å². The van der Waals surface area contributed by atoms with Gasteiger partial charge in [-0.25, -0.2) is 9.78 Å². The summed E-state index contributed by atoms with van der Waals surface area (Å²) in [4.78, 5) is 25.0. The molecule has 6 rings (SSSR count). The van der Waals surface area contributed by atoms with Gasteiger partial charge in [0.15, 0.2) is 5.75 Å². The summed E-state index contributed by atoms with van der Waals surface area (Å²) in [5.74, 6) is 2.22. The number of rotatable bonds is 2. The van der Waals surface area contributed by atoms with Crippen LogP contribution < -0.4 is 20.3 Å². The number of amides is 1. The zero-order chi connectivity index (χ0) is 28.1. The Bertz CT molecular complexity index is 1170. The lowest BCUT2D eigenvalue weighted by atomic mass is 9.93. The Labute approximate surface area is 239 Å². The number of anilines is 3. The zero-order valence-electron chi connectivity index (χ0n) is 24.4. The van der Waals surface area contributed by atoms with Gasteiger partial charge in [-0.15, -0.1) is 0 Å². The zero-order valence-corrected chi connectivity index (χ0v) is 24.4. The van der Waals surface area contributed by atoms with Gasteiger partial charge in [0.25, 0.3) is 0 Å². The van der Waals surface area contributed by atoms with Crippen LogP contribution in [0.1, 0.15) is 70.8 Å². The highest BCUT2D eigenvalue weighted by Gasteiger charge is 2.26. The number of hydrogen-bond acceptors (Lipinski definition) is 9. The van der Waals surface area contributed by atoms with Crippen LogP contribution in [0.4, 0.5) is 22.0 Å². The molecular formula is C30H46N6O4. The number of ether oxygens (including phenoxy) is 3. The minimum absolute atomic E-state index is 0. The van der Waals surface area contributed by atoms with Crippen molar-refractivity contribution in [3.63, 3.8) is 0 Å². The van der Waals surface area contributed by atoms with Gasteiger partial charge in [0.05, 0.1) is 30.2 Å². The average molecular weight is 555 g/mol. The third kappa shape index (κ3) is 6.96. The fraction of sp³-hybridized carbons (Fsp3) is 0.633. The lowest BCUT2D eigenvalue weighted by Gasteiger charge is -2.30. The predicted molar refractivity (Wildman–Crippen MR) is 158 cm³/mol. The molecule has 4 aliphatic rings. The molecule has 0 spiro atoms. The Morgan fingerprint density at radius 1 is 1.12 bits per heavy atom. The lowest BCUT2D eigenvalue weighted by Crippen LogP contribution is -2.37. The first-order valence-corrected chi connectivity index (χ1v) is 14.7. The number of aromatic nitrogens is 2. The fourth-order valence-electron chi connectivity index (χ4n) is 5.62. The number of carbonyl (C=O) groups is 1. The molecule has 3 fully saturated rings. The Hall–Kier alpha value is -3.11.